The van der Waals surface area contributed by atoms with Gasteiger partial charge >= 0.3 is 5.97 Å². The Hall–Kier alpha value is -2.07. The summed E-state index contributed by atoms with van der Waals surface area (Å²) >= 11 is 0. The Kier molecular flexibility index (Phi) is 6.69. The molecule has 1 fully saturated rings. The first kappa shape index (κ1) is 17.0. The van der Waals surface area contributed by atoms with Crippen molar-refractivity contribution in [2.45, 2.75) is 38.9 Å². The lowest BCUT2D eigenvalue weighted by Crippen LogP contribution is -2.48. The van der Waals surface area contributed by atoms with Crippen LogP contribution < -0.4 is 5.32 Å². The van der Waals surface area contributed by atoms with Crippen molar-refractivity contribution < 1.29 is 19.4 Å². The Balaban J connectivity index is 2.52. The van der Waals surface area contributed by atoms with E-state index in [4.69, 9.17) is 15.1 Å². The Morgan fingerprint density at radius 3 is 2.57 bits per heavy atom. The number of nitrogens with one attached hydrogen (secondary N) is 1. The molecule has 7 heteroatoms. The van der Waals surface area contributed by atoms with E-state index < -0.39 is 5.97 Å². The number of hydrogen-bond acceptors (Lipinski definition) is 5. The van der Waals surface area contributed by atoms with Gasteiger partial charge in [0.1, 0.15) is 11.6 Å². The number of carbonyl (C=O) groups is 2. The molecule has 0 saturated carbocycles. The van der Waals surface area contributed by atoms with E-state index in [0.29, 0.717) is 26.1 Å². The summed E-state index contributed by atoms with van der Waals surface area (Å²) in [5, 5.41) is 20.4. The second-order valence-corrected chi connectivity index (χ2v) is 5.09. The molecule has 2 atom stereocenters. The van der Waals surface area contributed by atoms with Gasteiger partial charge in [0.25, 0.3) is 5.91 Å². The van der Waals surface area contributed by atoms with Crippen LogP contribution in [0.1, 0.15) is 26.7 Å². The zero-order chi connectivity index (χ0) is 15.8. The second kappa shape index (κ2) is 8.27. The summed E-state index contributed by atoms with van der Waals surface area (Å²) in [6, 6.07) is 1.88. The van der Waals surface area contributed by atoms with Crippen molar-refractivity contribution in [3.63, 3.8) is 0 Å². The van der Waals surface area contributed by atoms with Crippen molar-refractivity contribution in [2.24, 2.45) is 0 Å². The molecule has 116 valence electrons. The minimum Gasteiger partial charge on any atom is -0.481 e. The maximum absolute atomic E-state index is 12.2. The van der Waals surface area contributed by atoms with Gasteiger partial charge < -0.3 is 20.1 Å². The highest BCUT2D eigenvalue weighted by molar-refractivity contribution is 5.97. The third-order valence-electron chi connectivity index (χ3n) is 3.02. The van der Waals surface area contributed by atoms with Crippen LogP contribution in [0.5, 0.6) is 0 Å². The smallest absolute Gasteiger partial charge is 0.303 e. The van der Waals surface area contributed by atoms with Gasteiger partial charge in [-0.15, -0.1) is 0 Å². The number of aliphatic carboxylic acids is 1. The molecule has 0 spiro atoms. The van der Waals surface area contributed by atoms with Gasteiger partial charge in [0.2, 0.25) is 0 Å². The minimum atomic E-state index is -0.867. The van der Waals surface area contributed by atoms with Crippen LogP contribution in [-0.2, 0) is 14.3 Å². The normalized spacial score (nSPS) is 22.5. The number of nitriles is 1. The molecule has 0 aromatic heterocycles. The van der Waals surface area contributed by atoms with E-state index >= 15 is 0 Å². The Labute approximate surface area is 124 Å². The summed E-state index contributed by atoms with van der Waals surface area (Å²) in [4.78, 5) is 24.2. The largest absolute Gasteiger partial charge is 0.481 e. The van der Waals surface area contributed by atoms with E-state index in [2.05, 4.69) is 5.32 Å². The molecule has 1 heterocycles. The summed E-state index contributed by atoms with van der Waals surface area (Å²) in [6.45, 7) is 5.09. The maximum Gasteiger partial charge on any atom is 0.303 e. The fourth-order valence-corrected chi connectivity index (χ4v) is 2.17. The van der Waals surface area contributed by atoms with Crippen molar-refractivity contribution in [1.82, 2.24) is 10.2 Å². The minimum absolute atomic E-state index is 0.0200. The molecule has 2 unspecified atom stereocenters. The molecule has 0 aromatic rings. The molecule has 2 N–H and O–H groups in total. The second-order valence-electron chi connectivity index (χ2n) is 5.09. The maximum atomic E-state index is 12.2. The summed E-state index contributed by atoms with van der Waals surface area (Å²) < 4.78 is 5.55. The standard InChI is InChI=1S/C14H21N3O4/c1-10-8-17(9-11(2)21-10)14(20)12(6-15)7-16-5-3-4-13(18)19/h7,10-11,16H,3-5,8-9H2,1-2H3,(H,18,19)/b12-7-. The fourth-order valence-electron chi connectivity index (χ4n) is 2.17. The van der Waals surface area contributed by atoms with E-state index in [9.17, 15) is 9.59 Å². The highest BCUT2D eigenvalue weighted by atomic mass is 16.5. The molecule has 7 nitrogen and oxygen atoms in total. The molecule has 1 aliphatic heterocycles. The van der Waals surface area contributed by atoms with Crippen LogP contribution in [0.25, 0.3) is 0 Å². The monoisotopic (exact) mass is 295 g/mol. The molecule has 0 aliphatic carbocycles. The molecule has 0 aromatic carbocycles. The van der Waals surface area contributed by atoms with Gasteiger partial charge in [0.05, 0.1) is 12.2 Å². The lowest BCUT2D eigenvalue weighted by Gasteiger charge is -2.35. The zero-order valence-corrected chi connectivity index (χ0v) is 12.3. The van der Waals surface area contributed by atoms with Gasteiger partial charge in [-0.1, -0.05) is 0 Å². The first-order chi connectivity index (χ1) is 9.93. The van der Waals surface area contributed by atoms with Crippen LogP contribution in [0.2, 0.25) is 0 Å². The Morgan fingerprint density at radius 1 is 1.43 bits per heavy atom. The Morgan fingerprint density at radius 2 is 2.05 bits per heavy atom. The number of nitrogens with zero attached hydrogens (tertiary/aromatic N) is 2. The highest BCUT2D eigenvalue weighted by Crippen LogP contribution is 2.13. The zero-order valence-electron chi connectivity index (χ0n) is 12.3. The van der Waals surface area contributed by atoms with Crippen molar-refractivity contribution in [3.8, 4) is 6.07 Å². The third kappa shape index (κ3) is 5.83. The summed E-state index contributed by atoms with van der Waals surface area (Å²) in [7, 11) is 0. The molecule has 1 rings (SSSR count). The van der Waals surface area contributed by atoms with Crippen LogP contribution >= 0.6 is 0 Å². The number of rotatable bonds is 6. The van der Waals surface area contributed by atoms with E-state index in [-0.39, 0.29) is 30.1 Å². The van der Waals surface area contributed by atoms with Gasteiger partial charge in [-0.2, -0.15) is 5.26 Å². The van der Waals surface area contributed by atoms with Crippen molar-refractivity contribution in [1.29, 1.82) is 5.26 Å². The first-order valence-electron chi connectivity index (χ1n) is 6.94. The molecular weight excluding hydrogens is 274 g/mol. The number of morpholine rings is 1. The quantitative estimate of drug-likeness (QED) is 0.420. The van der Waals surface area contributed by atoms with Gasteiger partial charge in [0, 0.05) is 32.3 Å². The molecule has 0 radical (unpaired) electrons. The lowest BCUT2D eigenvalue weighted by atomic mass is 10.2. The number of carboxylic acids is 1. The van der Waals surface area contributed by atoms with E-state index in [0.717, 1.165) is 0 Å². The number of ether oxygens (including phenoxy) is 1. The predicted molar refractivity (Wildman–Crippen MR) is 75.2 cm³/mol. The molecule has 1 amide bonds. The van der Waals surface area contributed by atoms with E-state index in [1.54, 1.807) is 4.90 Å². The van der Waals surface area contributed by atoms with Gasteiger partial charge in [-0.25, -0.2) is 0 Å². The summed E-state index contributed by atoms with van der Waals surface area (Å²) in [6.07, 6.45) is 1.73. The SMILES string of the molecule is CC1CN(C(=O)/C(C#N)=C\NCCCC(=O)O)CC(C)O1. The third-order valence-corrected chi connectivity index (χ3v) is 3.02. The average molecular weight is 295 g/mol. The summed E-state index contributed by atoms with van der Waals surface area (Å²) in [5.74, 6) is -1.20. The number of amides is 1. The van der Waals surface area contributed by atoms with Crippen LogP contribution in [0.15, 0.2) is 11.8 Å². The number of carboxylic acid groups (broad SMARTS) is 1. The van der Waals surface area contributed by atoms with Gasteiger partial charge in [-0.3, -0.25) is 9.59 Å². The van der Waals surface area contributed by atoms with E-state index in [1.165, 1.54) is 6.20 Å². The molecule has 1 aliphatic rings. The van der Waals surface area contributed by atoms with Crippen LogP contribution in [0, 0.1) is 11.3 Å². The predicted octanol–water partition coefficient (Wildman–Crippen LogP) is 0.484. The van der Waals surface area contributed by atoms with Crippen molar-refractivity contribution in [3.05, 3.63) is 11.8 Å². The lowest BCUT2D eigenvalue weighted by molar-refractivity contribution is -0.139. The fraction of sp³-hybridized carbons (Fsp3) is 0.643. The average Bonchev–Trinajstić information content (AvgIpc) is 2.40. The summed E-state index contributed by atoms with van der Waals surface area (Å²) in [5.41, 5.74) is 0.0200. The van der Waals surface area contributed by atoms with Crippen molar-refractivity contribution >= 4 is 11.9 Å². The van der Waals surface area contributed by atoms with E-state index in [1.807, 2.05) is 19.9 Å². The van der Waals surface area contributed by atoms with Gasteiger partial charge in [-0.05, 0) is 20.3 Å². The van der Waals surface area contributed by atoms with Crippen LogP contribution in [0.3, 0.4) is 0 Å². The van der Waals surface area contributed by atoms with Crippen molar-refractivity contribution in [2.75, 3.05) is 19.6 Å². The Bertz CT molecular complexity index is 446. The number of carbonyl (C=O) groups excluding carboxylic acids is 1. The van der Waals surface area contributed by atoms with Gasteiger partial charge in [0.15, 0.2) is 0 Å². The first-order valence-corrected chi connectivity index (χ1v) is 6.94. The molecule has 0 bridgehead atoms. The van der Waals surface area contributed by atoms with Crippen LogP contribution in [0.4, 0.5) is 0 Å². The van der Waals surface area contributed by atoms with Crippen LogP contribution in [-0.4, -0.2) is 53.7 Å². The topological polar surface area (TPSA) is 103 Å². The number of hydrogen-bond donors (Lipinski definition) is 2. The molecule has 1 saturated heterocycles. The highest BCUT2D eigenvalue weighted by Gasteiger charge is 2.27. The molecular formula is C14H21N3O4. The molecule has 21 heavy (non-hydrogen) atoms.